The lowest BCUT2D eigenvalue weighted by molar-refractivity contribution is 0.680. The van der Waals surface area contributed by atoms with Crippen LogP contribution in [0.25, 0.3) is 0 Å². The van der Waals surface area contributed by atoms with Gasteiger partial charge in [0.15, 0.2) is 0 Å². The maximum atomic E-state index is 4.17. The van der Waals surface area contributed by atoms with Crippen molar-refractivity contribution in [3.05, 3.63) is 47.8 Å². The van der Waals surface area contributed by atoms with Crippen LogP contribution in [-0.4, -0.2) is 21.5 Å². The van der Waals surface area contributed by atoms with E-state index in [0.29, 0.717) is 0 Å². The molecule has 2 N–H and O–H groups in total. The Morgan fingerprint density at radius 3 is 3.12 bits per heavy atom. The molecular formula is C12H16N4. The van der Waals surface area contributed by atoms with Crippen LogP contribution < -0.4 is 5.32 Å². The molecule has 2 aromatic rings. The van der Waals surface area contributed by atoms with Gasteiger partial charge < -0.3 is 10.3 Å². The van der Waals surface area contributed by atoms with Gasteiger partial charge in [0.25, 0.3) is 0 Å². The molecule has 0 aliphatic heterocycles. The summed E-state index contributed by atoms with van der Waals surface area (Å²) < 4.78 is 0. The van der Waals surface area contributed by atoms with Crippen LogP contribution in [-0.2, 0) is 13.0 Å². The number of nitrogens with one attached hydrogen (secondary N) is 2. The number of aryl methyl sites for hydroxylation is 1. The number of imidazole rings is 1. The van der Waals surface area contributed by atoms with Crippen molar-refractivity contribution in [2.24, 2.45) is 0 Å². The minimum Gasteiger partial charge on any atom is -0.348 e. The normalized spacial score (nSPS) is 10.6. The maximum absolute atomic E-state index is 4.17. The topological polar surface area (TPSA) is 53.6 Å². The van der Waals surface area contributed by atoms with Crippen molar-refractivity contribution >= 4 is 0 Å². The Hall–Kier alpha value is -1.68. The summed E-state index contributed by atoms with van der Waals surface area (Å²) in [5.74, 6) is 0. The summed E-state index contributed by atoms with van der Waals surface area (Å²) in [6, 6.07) is 4.14. The van der Waals surface area contributed by atoms with Gasteiger partial charge in [0.2, 0.25) is 0 Å². The van der Waals surface area contributed by atoms with Crippen LogP contribution >= 0.6 is 0 Å². The zero-order valence-electron chi connectivity index (χ0n) is 9.40. The highest BCUT2D eigenvalue weighted by molar-refractivity contribution is 5.14. The molecule has 0 aliphatic rings. The minimum atomic E-state index is 0.886. The summed E-state index contributed by atoms with van der Waals surface area (Å²) in [4.78, 5) is 11.2. The first kappa shape index (κ1) is 10.8. The third kappa shape index (κ3) is 3.17. The van der Waals surface area contributed by atoms with E-state index in [0.717, 1.165) is 25.2 Å². The van der Waals surface area contributed by atoms with Crippen molar-refractivity contribution in [1.82, 2.24) is 20.3 Å². The highest BCUT2D eigenvalue weighted by Gasteiger charge is 1.95. The van der Waals surface area contributed by atoms with E-state index < -0.39 is 0 Å². The molecule has 16 heavy (non-hydrogen) atoms. The van der Waals surface area contributed by atoms with E-state index in [1.807, 2.05) is 25.4 Å². The molecule has 0 radical (unpaired) electrons. The lowest BCUT2D eigenvalue weighted by Gasteiger charge is -2.04. The van der Waals surface area contributed by atoms with Gasteiger partial charge in [-0.25, -0.2) is 4.98 Å². The Kier molecular flexibility index (Phi) is 3.66. The van der Waals surface area contributed by atoms with Gasteiger partial charge >= 0.3 is 0 Å². The molecule has 0 fully saturated rings. The SMILES string of the molecule is Cc1cc(CNCCc2cnc[nH]2)ccn1. The third-order valence-corrected chi connectivity index (χ3v) is 2.42. The Morgan fingerprint density at radius 2 is 2.38 bits per heavy atom. The molecule has 0 aliphatic carbocycles. The van der Waals surface area contributed by atoms with E-state index in [-0.39, 0.29) is 0 Å². The van der Waals surface area contributed by atoms with E-state index >= 15 is 0 Å². The Labute approximate surface area is 95.1 Å². The second kappa shape index (κ2) is 5.42. The number of H-pyrrole nitrogens is 1. The molecule has 2 aromatic heterocycles. The maximum Gasteiger partial charge on any atom is 0.0921 e. The van der Waals surface area contributed by atoms with Crippen LogP contribution in [0.3, 0.4) is 0 Å². The van der Waals surface area contributed by atoms with Crippen molar-refractivity contribution in [2.75, 3.05) is 6.54 Å². The Morgan fingerprint density at radius 1 is 1.44 bits per heavy atom. The van der Waals surface area contributed by atoms with Crippen LogP contribution in [0.2, 0.25) is 0 Å². The van der Waals surface area contributed by atoms with Gasteiger partial charge in [-0.1, -0.05) is 0 Å². The summed E-state index contributed by atoms with van der Waals surface area (Å²) >= 11 is 0. The minimum absolute atomic E-state index is 0.886. The fourth-order valence-corrected chi connectivity index (χ4v) is 1.59. The summed E-state index contributed by atoms with van der Waals surface area (Å²) in [7, 11) is 0. The fourth-order valence-electron chi connectivity index (χ4n) is 1.59. The number of pyridine rings is 1. The summed E-state index contributed by atoms with van der Waals surface area (Å²) in [6.07, 6.45) is 6.39. The molecule has 0 saturated heterocycles. The van der Waals surface area contributed by atoms with Crippen LogP contribution in [0.4, 0.5) is 0 Å². The molecule has 0 spiro atoms. The van der Waals surface area contributed by atoms with Crippen molar-refractivity contribution < 1.29 is 0 Å². The van der Waals surface area contributed by atoms with Crippen LogP contribution in [0.1, 0.15) is 17.0 Å². The quantitative estimate of drug-likeness (QED) is 0.744. The van der Waals surface area contributed by atoms with Gasteiger partial charge in [-0.2, -0.15) is 0 Å². The smallest absolute Gasteiger partial charge is 0.0921 e. The second-order valence-electron chi connectivity index (χ2n) is 3.81. The molecular weight excluding hydrogens is 200 g/mol. The highest BCUT2D eigenvalue weighted by Crippen LogP contribution is 2.00. The zero-order valence-corrected chi connectivity index (χ0v) is 9.40. The molecule has 2 heterocycles. The number of hydrogen-bond donors (Lipinski definition) is 2. The first-order valence-electron chi connectivity index (χ1n) is 5.44. The molecule has 2 rings (SSSR count). The third-order valence-electron chi connectivity index (χ3n) is 2.42. The molecule has 0 amide bonds. The number of hydrogen-bond acceptors (Lipinski definition) is 3. The predicted molar refractivity (Wildman–Crippen MR) is 63.0 cm³/mol. The van der Waals surface area contributed by atoms with E-state index in [4.69, 9.17) is 0 Å². The van der Waals surface area contributed by atoms with Gasteiger partial charge in [-0.05, 0) is 24.6 Å². The van der Waals surface area contributed by atoms with Gasteiger partial charge in [0.05, 0.1) is 6.33 Å². The summed E-state index contributed by atoms with van der Waals surface area (Å²) in [5.41, 5.74) is 3.50. The number of aromatic nitrogens is 3. The molecule has 0 aromatic carbocycles. The van der Waals surface area contributed by atoms with Crippen LogP contribution in [0, 0.1) is 6.92 Å². The predicted octanol–water partition coefficient (Wildman–Crippen LogP) is 1.45. The largest absolute Gasteiger partial charge is 0.348 e. The first-order valence-corrected chi connectivity index (χ1v) is 5.44. The van der Waals surface area contributed by atoms with E-state index in [2.05, 4.69) is 26.3 Å². The first-order chi connectivity index (χ1) is 7.84. The highest BCUT2D eigenvalue weighted by atomic mass is 14.9. The van der Waals surface area contributed by atoms with E-state index in [9.17, 15) is 0 Å². The standard InChI is InChI=1S/C12H16N4/c1-10-6-11(2-5-15-10)7-13-4-3-12-8-14-9-16-12/h2,5-6,8-9,13H,3-4,7H2,1H3,(H,14,16). The molecule has 0 bridgehead atoms. The number of aromatic amines is 1. The van der Waals surface area contributed by atoms with Crippen LogP contribution in [0.5, 0.6) is 0 Å². The monoisotopic (exact) mass is 216 g/mol. The summed E-state index contributed by atoms with van der Waals surface area (Å²) in [5, 5.41) is 3.39. The zero-order chi connectivity index (χ0) is 11.2. The lowest BCUT2D eigenvalue weighted by Crippen LogP contribution is -2.16. The molecule has 4 nitrogen and oxygen atoms in total. The molecule has 4 heteroatoms. The van der Waals surface area contributed by atoms with Crippen molar-refractivity contribution in [3.8, 4) is 0 Å². The van der Waals surface area contributed by atoms with Crippen molar-refractivity contribution in [1.29, 1.82) is 0 Å². The van der Waals surface area contributed by atoms with Gasteiger partial charge in [-0.3, -0.25) is 4.98 Å². The average Bonchev–Trinajstić information content (AvgIpc) is 2.77. The Bertz CT molecular complexity index is 422. The average molecular weight is 216 g/mol. The fraction of sp³-hybridized carbons (Fsp3) is 0.333. The number of nitrogens with zero attached hydrogens (tertiary/aromatic N) is 2. The van der Waals surface area contributed by atoms with Gasteiger partial charge in [0.1, 0.15) is 0 Å². The van der Waals surface area contributed by atoms with Crippen LogP contribution in [0.15, 0.2) is 30.9 Å². The van der Waals surface area contributed by atoms with Gasteiger partial charge in [-0.15, -0.1) is 0 Å². The molecule has 84 valence electrons. The second-order valence-corrected chi connectivity index (χ2v) is 3.81. The molecule has 0 unspecified atom stereocenters. The lowest BCUT2D eigenvalue weighted by atomic mass is 10.2. The van der Waals surface area contributed by atoms with Crippen molar-refractivity contribution in [3.63, 3.8) is 0 Å². The number of rotatable bonds is 5. The van der Waals surface area contributed by atoms with Crippen molar-refractivity contribution in [2.45, 2.75) is 19.9 Å². The molecule has 0 saturated carbocycles. The van der Waals surface area contributed by atoms with E-state index in [1.165, 1.54) is 11.3 Å². The summed E-state index contributed by atoms with van der Waals surface area (Å²) in [6.45, 7) is 3.84. The molecule has 0 atom stereocenters. The Balaban J connectivity index is 1.72. The van der Waals surface area contributed by atoms with Gasteiger partial charge in [0, 0.05) is 43.3 Å². The van der Waals surface area contributed by atoms with E-state index in [1.54, 1.807) is 6.33 Å².